The Bertz CT molecular complexity index is 2510. The van der Waals surface area contributed by atoms with Crippen LogP contribution in [0.15, 0.2) is 130 Å². The number of hydrogen-bond acceptors (Lipinski definition) is 10. The van der Waals surface area contributed by atoms with Crippen molar-refractivity contribution >= 4 is 33.3 Å². The topological polar surface area (TPSA) is 157 Å². The van der Waals surface area contributed by atoms with Crippen LogP contribution in [0.1, 0.15) is 22.3 Å². The van der Waals surface area contributed by atoms with E-state index in [2.05, 4.69) is 46.9 Å². The standard InChI is InChI=1S/C22H20N2O3.C20H16N2O3/c1-13-7-8-16(9-14(13)2)23-12-15-10-18(20(26)11-19(15)25)22-17-5-3-4-6-21(17)27-24-22;23-17-11-18(24)16(20-15-8-4-5-9-19(15)25-22-20)10-13(17)12-21-14-6-2-1-3-7-14/h3-11,23,25-26H,12H2,1-2H3;1-11,21,23-24H,12H2. The second kappa shape index (κ2) is 14.5. The molecule has 0 aliphatic heterocycles. The molecule has 0 unspecified atom stereocenters. The zero-order valence-electron chi connectivity index (χ0n) is 28.5. The number of hydrogen-bond donors (Lipinski definition) is 6. The van der Waals surface area contributed by atoms with Crippen LogP contribution in [-0.2, 0) is 13.1 Å². The van der Waals surface area contributed by atoms with Crippen molar-refractivity contribution in [3.63, 3.8) is 0 Å². The molecule has 0 atom stereocenters. The Morgan fingerprint density at radius 1 is 0.481 bits per heavy atom. The average Bonchev–Trinajstić information content (AvgIpc) is 3.78. The van der Waals surface area contributed by atoms with Crippen LogP contribution in [0.2, 0.25) is 0 Å². The highest BCUT2D eigenvalue weighted by Crippen LogP contribution is 2.39. The number of benzene rings is 6. The van der Waals surface area contributed by atoms with Crippen molar-refractivity contribution < 1.29 is 29.5 Å². The fourth-order valence-electron chi connectivity index (χ4n) is 5.87. The van der Waals surface area contributed by atoms with E-state index in [1.165, 1.54) is 23.3 Å². The second-order valence-electron chi connectivity index (χ2n) is 12.4. The molecule has 0 spiro atoms. The second-order valence-corrected chi connectivity index (χ2v) is 12.4. The lowest BCUT2D eigenvalue weighted by Crippen LogP contribution is -2.01. The molecule has 0 amide bonds. The number of anilines is 2. The lowest BCUT2D eigenvalue weighted by Gasteiger charge is -2.12. The molecule has 0 fully saturated rings. The molecule has 0 aliphatic carbocycles. The first-order valence-electron chi connectivity index (χ1n) is 16.6. The summed E-state index contributed by atoms with van der Waals surface area (Å²) in [6.07, 6.45) is 0. The molecular formula is C42H36N4O6. The van der Waals surface area contributed by atoms with Gasteiger partial charge in [-0.2, -0.15) is 0 Å². The van der Waals surface area contributed by atoms with Crippen LogP contribution in [0, 0.1) is 13.8 Å². The SMILES string of the molecule is Cc1ccc(NCc2cc(-c3noc4ccccc34)c(O)cc2O)cc1C.Oc1cc(O)c(-c2noc3ccccc23)cc1CNc1ccccc1. The van der Waals surface area contributed by atoms with Gasteiger partial charge < -0.3 is 40.1 Å². The summed E-state index contributed by atoms with van der Waals surface area (Å²) in [5.74, 6) is -0.0284. The van der Waals surface area contributed by atoms with Crippen LogP contribution in [0.3, 0.4) is 0 Å². The Balaban J connectivity index is 0.000000162. The van der Waals surface area contributed by atoms with E-state index in [4.69, 9.17) is 9.05 Å². The van der Waals surface area contributed by atoms with Gasteiger partial charge in [-0.1, -0.05) is 58.8 Å². The molecule has 2 aromatic heterocycles. The van der Waals surface area contributed by atoms with Gasteiger partial charge in [0.1, 0.15) is 34.4 Å². The van der Waals surface area contributed by atoms with E-state index in [1.54, 1.807) is 12.1 Å². The number of para-hydroxylation sites is 3. The molecule has 52 heavy (non-hydrogen) atoms. The van der Waals surface area contributed by atoms with Gasteiger partial charge >= 0.3 is 0 Å². The summed E-state index contributed by atoms with van der Waals surface area (Å²) in [5.41, 5.74) is 9.10. The molecule has 10 nitrogen and oxygen atoms in total. The third kappa shape index (κ3) is 7.03. The first-order valence-corrected chi connectivity index (χ1v) is 16.6. The minimum atomic E-state index is -0.0417. The van der Waals surface area contributed by atoms with Gasteiger partial charge in [0, 0.05) is 69.6 Å². The highest BCUT2D eigenvalue weighted by Gasteiger charge is 2.18. The first kappa shape index (κ1) is 33.6. The maximum absolute atomic E-state index is 10.3. The van der Waals surface area contributed by atoms with Crippen molar-refractivity contribution in [2.45, 2.75) is 26.9 Å². The van der Waals surface area contributed by atoms with Crippen molar-refractivity contribution in [3.8, 4) is 45.5 Å². The molecule has 0 bridgehead atoms. The Morgan fingerprint density at radius 3 is 1.48 bits per heavy atom. The van der Waals surface area contributed by atoms with Crippen LogP contribution in [0.5, 0.6) is 23.0 Å². The number of phenolic OH excluding ortho intramolecular Hbond substituents is 4. The zero-order valence-corrected chi connectivity index (χ0v) is 28.5. The smallest absolute Gasteiger partial charge is 0.167 e. The van der Waals surface area contributed by atoms with E-state index >= 15 is 0 Å². The summed E-state index contributed by atoms with van der Waals surface area (Å²) in [6, 6.07) is 36.9. The molecule has 2 heterocycles. The zero-order chi connectivity index (χ0) is 36.2. The van der Waals surface area contributed by atoms with Gasteiger partial charge in [-0.15, -0.1) is 0 Å². The highest BCUT2D eigenvalue weighted by molar-refractivity contribution is 5.94. The normalized spacial score (nSPS) is 11.0. The number of nitrogens with one attached hydrogen (secondary N) is 2. The Morgan fingerprint density at radius 2 is 0.962 bits per heavy atom. The molecule has 8 aromatic rings. The van der Waals surface area contributed by atoms with Crippen molar-refractivity contribution in [1.82, 2.24) is 10.3 Å². The van der Waals surface area contributed by atoms with Gasteiger partial charge in [-0.05, 0) is 85.6 Å². The van der Waals surface area contributed by atoms with Crippen LogP contribution in [-0.4, -0.2) is 30.7 Å². The van der Waals surface area contributed by atoms with Gasteiger partial charge in [-0.25, -0.2) is 0 Å². The summed E-state index contributed by atoms with van der Waals surface area (Å²) >= 11 is 0. The van der Waals surface area contributed by atoms with E-state index in [0.717, 1.165) is 22.1 Å². The Kier molecular flexibility index (Phi) is 9.36. The number of fused-ring (bicyclic) bond motifs is 2. The molecular weight excluding hydrogens is 656 g/mol. The van der Waals surface area contributed by atoms with Crippen LogP contribution in [0.25, 0.3) is 44.5 Å². The van der Waals surface area contributed by atoms with E-state index in [-0.39, 0.29) is 23.0 Å². The lowest BCUT2D eigenvalue weighted by molar-refractivity contribution is 0.443. The number of aryl methyl sites for hydroxylation is 2. The number of rotatable bonds is 8. The Labute approximate surface area is 299 Å². The molecule has 6 N–H and O–H groups in total. The molecule has 0 saturated carbocycles. The van der Waals surface area contributed by atoms with E-state index in [1.807, 2.05) is 84.9 Å². The van der Waals surface area contributed by atoms with Crippen LogP contribution >= 0.6 is 0 Å². The Hall–Kier alpha value is -6.94. The third-order valence-electron chi connectivity index (χ3n) is 8.91. The molecule has 0 saturated heterocycles. The average molecular weight is 693 g/mol. The van der Waals surface area contributed by atoms with Gasteiger partial charge in [0.25, 0.3) is 0 Å². The van der Waals surface area contributed by atoms with Crippen LogP contribution < -0.4 is 10.6 Å². The summed E-state index contributed by atoms with van der Waals surface area (Å²) in [7, 11) is 0. The molecule has 8 rings (SSSR count). The largest absolute Gasteiger partial charge is 0.507 e. The summed E-state index contributed by atoms with van der Waals surface area (Å²) in [5, 5.41) is 57.4. The van der Waals surface area contributed by atoms with Crippen molar-refractivity contribution in [2.75, 3.05) is 10.6 Å². The number of nitrogens with zero attached hydrogens (tertiary/aromatic N) is 2. The molecule has 0 aliphatic rings. The highest BCUT2D eigenvalue weighted by atomic mass is 16.5. The molecule has 10 heteroatoms. The fourth-order valence-corrected chi connectivity index (χ4v) is 5.87. The first-order chi connectivity index (χ1) is 25.2. The van der Waals surface area contributed by atoms with E-state index < -0.39 is 0 Å². The number of phenols is 4. The predicted molar refractivity (Wildman–Crippen MR) is 203 cm³/mol. The van der Waals surface area contributed by atoms with Gasteiger partial charge in [0.2, 0.25) is 0 Å². The monoisotopic (exact) mass is 692 g/mol. The summed E-state index contributed by atoms with van der Waals surface area (Å²) in [4.78, 5) is 0. The fraction of sp³-hybridized carbons (Fsp3) is 0.0952. The van der Waals surface area contributed by atoms with Crippen molar-refractivity contribution in [2.24, 2.45) is 0 Å². The van der Waals surface area contributed by atoms with Crippen molar-refractivity contribution in [3.05, 3.63) is 144 Å². The van der Waals surface area contributed by atoms with Crippen molar-refractivity contribution in [1.29, 1.82) is 0 Å². The lowest BCUT2D eigenvalue weighted by atomic mass is 10.0. The van der Waals surface area contributed by atoms with Gasteiger partial charge in [0.05, 0.1) is 0 Å². The molecule has 6 aromatic carbocycles. The van der Waals surface area contributed by atoms with E-state index in [0.29, 0.717) is 57.9 Å². The maximum atomic E-state index is 10.3. The minimum absolute atomic E-state index is 0.0254. The van der Waals surface area contributed by atoms with Gasteiger partial charge in [0.15, 0.2) is 11.2 Å². The maximum Gasteiger partial charge on any atom is 0.167 e. The number of aromatic hydroxyl groups is 4. The van der Waals surface area contributed by atoms with Gasteiger partial charge in [-0.3, -0.25) is 0 Å². The van der Waals surface area contributed by atoms with Crippen LogP contribution in [0.4, 0.5) is 11.4 Å². The minimum Gasteiger partial charge on any atom is -0.507 e. The predicted octanol–water partition coefficient (Wildman–Crippen LogP) is 9.65. The summed E-state index contributed by atoms with van der Waals surface area (Å²) in [6.45, 7) is 4.96. The number of aromatic nitrogens is 2. The van der Waals surface area contributed by atoms with E-state index in [9.17, 15) is 20.4 Å². The summed E-state index contributed by atoms with van der Waals surface area (Å²) < 4.78 is 10.7. The molecule has 0 radical (unpaired) electrons. The quantitative estimate of drug-likeness (QED) is 0.0906. The molecule has 260 valence electrons. The third-order valence-corrected chi connectivity index (χ3v) is 8.91.